The standard InChI is InChI=1S/C23H34ClN3/c1-4-14-27(20(2)3)18-13-23(19-25,21-10-6-7-11-22(21)24)12-17-26-15-8-5-9-16-26/h4,6-7,10-11,20H,1,5,8-9,12-18H2,2-3H3/t23-/m0/s1. The van der Waals surface area contributed by atoms with E-state index in [1.165, 1.54) is 19.3 Å². The van der Waals surface area contributed by atoms with Gasteiger partial charge in [0.1, 0.15) is 0 Å². The van der Waals surface area contributed by atoms with Gasteiger partial charge in [-0.25, -0.2) is 0 Å². The van der Waals surface area contributed by atoms with Crippen LogP contribution in [0.3, 0.4) is 0 Å². The molecule has 0 radical (unpaired) electrons. The van der Waals surface area contributed by atoms with E-state index in [0.717, 1.165) is 51.1 Å². The zero-order valence-electron chi connectivity index (χ0n) is 17.0. The molecule has 0 N–H and O–H groups in total. The Labute approximate surface area is 170 Å². The number of likely N-dealkylation sites (tertiary alicyclic amines) is 1. The SMILES string of the molecule is C=CCN(CC[C@](C#N)(CCN1CCCCC1)c1ccccc1Cl)C(C)C. The molecule has 148 valence electrons. The first-order valence-corrected chi connectivity index (χ1v) is 10.6. The largest absolute Gasteiger partial charge is 0.303 e. The van der Waals surface area contributed by atoms with Gasteiger partial charge >= 0.3 is 0 Å². The van der Waals surface area contributed by atoms with Gasteiger partial charge in [0.2, 0.25) is 0 Å². The fourth-order valence-electron chi connectivity index (χ4n) is 4.01. The summed E-state index contributed by atoms with van der Waals surface area (Å²) in [6.45, 7) is 13.2. The average Bonchev–Trinajstić information content (AvgIpc) is 2.69. The van der Waals surface area contributed by atoms with Crippen LogP contribution in [0.1, 0.15) is 51.5 Å². The topological polar surface area (TPSA) is 30.3 Å². The van der Waals surface area contributed by atoms with Gasteiger partial charge in [0.15, 0.2) is 0 Å². The van der Waals surface area contributed by atoms with Gasteiger partial charge in [0, 0.05) is 24.2 Å². The van der Waals surface area contributed by atoms with E-state index >= 15 is 0 Å². The number of rotatable bonds is 10. The van der Waals surface area contributed by atoms with Gasteiger partial charge in [-0.05, 0) is 70.8 Å². The molecule has 4 heteroatoms. The molecule has 2 rings (SSSR count). The molecular weight excluding hydrogens is 354 g/mol. The van der Waals surface area contributed by atoms with Crippen LogP contribution in [0, 0.1) is 11.3 Å². The molecule has 0 saturated carbocycles. The van der Waals surface area contributed by atoms with Gasteiger partial charge in [0.25, 0.3) is 0 Å². The summed E-state index contributed by atoms with van der Waals surface area (Å²) < 4.78 is 0. The number of nitriles is 1. The average molecular weight is 388 g/mol. The summed E-state index contributed by atoms with van der Waals surface area (Å²) >= 11 is 6.55. The molecule has 1 aromatic rings. The molecule has 27 heavy (non-hydrogen) atoms. The van der Waals surface area contributed by atoms with E-state index in [1.807, 2.05) is 30.3 Å². The van der Waals surface area contributed by atoms with Crippen LogP contribution in [-0.4, -0.2) is 48.6 Å². The van der Waals surface area contributed by atoms with E-state index in [1.54, 1.807) is 0 Å². The minimum absolute atomic E-state index is 0.424. The molecule has 0 aromatic heterocycles. The Kier molecular flexibility index (Phi) is 8.83. The summed E-state index contributed by atoms with van der Waals surface area (Å²) in [4.78, 5) is 4.88. The van der Waals surface area contributed by atoms with Crippen molar-refractivity contribution in [3.8, 4) is 6.07 Å². The highest BCUT2D eigenvalue weighted by Crippen LogP contribution is 2.36. The fraction of sp³-hybridized carbons (Fsp3) is 0.609. The van der Waals surface area contributed by atoms with E-state index in [9.17, 15) is 5.26 Å². The molecule has 0 unspecified atom stereocenters. The lowest BCUT2D eigenvalue weighted by Crippen LogP contribution is -2.39. The number of halogens is 1. The monoisotopic (exact) mass is 387 g/mol. The van der Waals surface area contributed by atoms with Crippen LogP contribution in [0.4, 0.5) is 0 Å². The highest BCUT2D eigenvalue weighted by Gasteiger charge is 2.35. The van der Waals surface area contributed by atoms with Crippen molar-refractivity contribution in [2.24, 2.45) is 0 Å². The van der Waals surface area contributed by atoms with E-state index in [4.69, 9.17) is 11.6 Å². The first kappa shape index (κ1) is 22.0. The van der Waals surface area contributed by atoms with E-state index in [0.29, 0.717) is 11.1 Å². The summed E-state index contributed by atoms with van der Waals surface area (Å²) in [6, 6.07) is 11.0. The third kappa shape index (κ3) is 6.07. The third-order valence-electron chi connectivity index (χ3n) is 5.83. The lowest BCUT2D eigenvalue weighted by atomic mass is 9.75. The number of piperidine rings is 1. The first-order chi connectivity index (χ1) is 13.0. The zero-order chi connectivity index (χ0) is 19.7. The molecule has 3 nitrogen and oxygen atoms in total. The normalized spacial score (nSPS) is 17.6. The van der Waals surface area contributed by atoms with Gasteiger partial charge in [-0.2, -0.15) is 5.26 Å². The fourth-order valence-corrected chi connectivity index (χ4v) is 4.32. The van der Waals surface area contributed by atoms with Crippen LogP contribution >= 0.6 is 11.6 Å². The Balaban J connectivity index is 2.21. The molecule has 1 saturated heterocycles. The summed E-state index contributed by atoms with van der Waals surface area (Å²) in [5, 5.41) is 11.0. The van der Waals surface area contributed by atoms with Crippen molar-refractivity contribution in [2.75, 3.05) is 32.7 Å². The summed E-state index contributed by atoms with van der Waals surface area (Å²) in [7, 11) is 0. The second-order valence-corrected chi connectivity index (χ2v) is 8.36. The second-order valence-electron chi connectivity index (χ2n) is 7.95. The first-order valence-electron chi connectivity index (χ1n) is 10.3. The van der Waals surface area contributed by atoms with Crippen LogP contribution < -0.4 is 0 Å². The highest BCUT2D eigenvalue weighted by atomic mass is 35.5. The van der Waals surface area contributed by atoms with Crippen LogP contribution in [0.15, 0.2) is 36.9 Å². The lowest BCUT2D eigenvalue weighted by Gasteiger charge is -2.35. The summed E-state index contributed by atoms with van der Waals surface area (Å²) in [6.07, 6.45) is 7.42. The number of benzene rings is 1. The quantitative estimate of drug-likeness (QED) is 0.512. The van der Waals surface area contributed by atoms with Crippen molar-refractivity contribution in [3.05, 3.63) is 47.5 Å². The lowest BCUT2D eigenvalue weighted by molar-refractivity contribution is 0.194. The van der Waals surface area contributed by atoms with Gasteiger partial charge in [-0.15, -0.1) is 6.58 Å². The van der Waals surface area contributed by atoms with Gasteiger partial charge in [-0.1, -0.05) is 42.3 Å². The van der Waals surface area contributed by atoms with Crippen LogP contribution in [-0.2, 0) is 5.41 Å². The highest BCUT2D eigenvalue weighted by molar-refractivity contribution is 6.31. The molecule has 1 atom stereocenters. The predicted molar refractivity (Wildman–Crippen MR) is 115 cm³/mol. The Morgan fingerprint density at radius 2 is 1.96 bits per heavy atom. The van der Waals surface area contributed by atoms with Crippen molar-refractivity contribution < 1.29 is 0 Å². The molecule has 1 aliphatic heterocycles. The molecule has 1 aliphatic rings. The maximum atomic E-state index is 10.3. The minimum Gasteiger partial charge on any atom is -0.303 e. The molecule has 0 amide bonds. The molecule has 1 aromatic carbocycles. The van der Waals surface area contributed by atoms with Crippen LogP contribution in [0.5, 0.6) is 0 Å². The molecule has 1 heterocycles. The number of nitrogens with zero attached hydrogens (tertiary/aromatic N) is 3. The third-order valence-corrected chi connectivity index (χ3v) is 6.16. The van der Waals surface area contributed by atoms with Gasteiger partial charge in [0.05, 0.1) is 11.5 Å². The van der Waals surface area contributed by atoms with E-state index < -0.39 is 5.41 Å². The van der Waals surface area contributed by atoms with Crippen molar-refractivity contribution >= 4 is 11.6 Å². The molecule has 0 spiro atoms. The molecule has 0 bridgehead atoms. The van der Waals surface area contributed by atoms with Crippen molar-refractivity contribution in [1.29, 1.82) is 5.26 Å². The second kappa shape index (κ2) is 10.9. The van der Waals surface area contributed by atoms with Crippen LogP contribution in [0.25, 0.3) is 0 Å². The number of hydrogen-bond acceptors (Lipinski definition) is 3. The van der Waals surface area contributed by atoms with E-state index in [2.05, 4.69) is 36.3 Å². The van der Waals surface area contributed by atoms with Gasteiger partial charge < -0.3 is 4.90 Å². The number of hydrogen-bond donors (Lipinski definition) is 0. The summed E-state index contributed by atoms with van der Waals surface area (Å²) in [5.74, 6) is 0. The zero-order valence-corrected chi connectivity index (χ0v) is 17.7. The van der Waals surface area contributed by atoms with Gasteiger partial charge in [-0.3, -0.25) is 4.90 Å². The molecule has 1 fully saturated rings. The molecular formula is C23H34ClN3. The Morgan fingerprint density at radius 3 is 2.56 bits per heavy atom. The summed E-state index contributed by atoms with van der Waals surface area (Å²) in [5.41, 5.74) is 0.429. The van der Waals surface area contributed by atoms with Crippen molar-refractivity contribution in [2.45, 2.75) is 57.4 Å². The Hall–Kier alpha value is -1.34. The van der Waals surface area contributed by atoms with Crippen LogP contribution in [0.2, 0.25) is 5.02 Å². The minimum atomic E-state index is -0.551. The maximum Gasteiger partial charge on any atom is 0.0861 e. The van der Waals surface area contributed by atoms with Crippen molar-refractivity contribution in [3.63, 3.8) is 0 Å². The Bertz CT molecular complexity index is 631. The molecule has 0 aliphatic carbocycles. The Morgan fingerprint density at radius 1 is 1.26 bits per heavy atom. The van der Waals surface area contributed by atoms with Crippen molar-refractivity contribution in [1.82, 2.24) is 9.80 Å². The smallest absolute Gasteiger partial charge is 0.0861 e. The predicted octanol–water partition coefficient (Wildman–Crippen LogP) is 5.26. The van der Waals surface area contributed by atoms with E-state index in [-0.39, 0.29) is 0 Å². The maximum absolute atomic E-state index is 10.3.